The van der Waals surface area contributed by atoms with Crippen molar-refractivity contribution in [2.45, 2.75) is 18.9 Å². The van der Waals surface area contributed by atoms with E-state index >= 15 is 0 Å². The molecule has 1 amide bonds. The first-order valence-electron chi connectivity index (χ1n) is 14.2. The second-order valence-corrected chi connectivity index (χ2v) is 10.5. The number of ether oxygens (including phenoxy) is 1. The van der Waals surface area contributed by atoms with E-state index in [1.165, 1.54) is 18.2 Å². The third kappa shape index (κ3) is 5.79. The van der Waals surface area contributed by atoms with E-state index in [-0.39, 0.29) is 11.7 Å². The SMILES string of the molecule is C=CC(=O)Nc1cc(Nc2nccc(-n3ccc4ccc(F)cc43)n2)c(OC)cc1N1CCC(N2CCNCC2)CC1. The Morgan fingerprint density at radius 2 is 1.90 bits per heavy atom. The van der Waals surface area contributed by atoms with Crippen molar-refractivity contribution in [3.8, 4) is 11.6 Å². The fourth-order valence-electron chi connectivity index (χ4n) is 5.87. The van der Waals surface area contributed by atoms with Crippen molar-refractivity contribution in [3.05, 3.63) is 73.3 Å². The van der Waals surface area contributed by atoms with E-state index in [0.717, 1.165) is 63.2 Å². The lowest BCUT2D eigenvalue weighted by Gasteiger charge is -2.41. The molecule has 0 radical (unpaired) electrons. The number of rotatable bonds is 8. The van der Waals surface area contributed by atoms with E-state index in [2.05, 4.69) is 42.3 Å². The van der Waals surface area contributed by atoms with Gasteiger partial charge in [-0.1, -0.05) is 6.58 Å². The first-order chi connectivity index (χ1) is 20.5. The lowest BCUT2D eigenvalue weighted by Crippen LogP contribution is -2.52. The Bertz CT molecular complexity index is 1590. The molecule has 2 saturated heterocycles. The number of benzene rings is 2. The molecule has 11 heteroatoms. The number of carbonyl (C=O) groups excluding carboxylic acids is 1. The second-order valence-electron chi connectivity index (χ2n) is 10.5. The third-order valence-electron chi connectivity index (χ3n) is 8.02. The van der Waals surface area contributed by atoms with Crippen LogP contribution in [0.2, 0.25) is 0 Å². The van der Waals surface area contributed by atoms with Crippen molar-refractivity contribution >= 4 is 39.8 Å². The summed E-state index contributed by atoms with van der Waals surface area (Å²) in [6.45, 7) is 9.61. The molecule has 2 aliphatic rings. The van der Waals surface area contributed by atoms with Crippen molar-refractivity contribution in [1.82, 2.24) is 24.8 Å². The molecule has 2 fully saturated rings. The summed E-state index contributed by atoms with van der Waals surface area (Å²) in [7, 11) is 1.61. The summed E-state index contributed by atoms with van der Waals surface area (Å²) in [5.41, 5.74) is 2.84. The van der Waals surface area contributed by atoms with E-state index in [1.807, 2.05) is 29.0 Å². The molecule has 0 atom stereocenters. The van der Waals surface area contributed by atoms with E-state index in [0.29, 0.717) is 40.4 Å². The number of amides is 1. The number of halogens is 1. The summed E-state index contributed by atoms with van der Waals surface area (Å²) >= 11 is 0. The number of piperidine rings is 1. The van der Waals surface area contributed by atoms with Gasteiger partial charge in [0.2, 0.25) is 11.9 Å². The largest absolute Gasteiger partial charge is 0.494 e. The monoisotopic (exact) mass is 570 g/mol. The average molecular weight is 571 g/mol. The molecule has 2 aromatic heterocycles. The van der Waals surface area contributed by atoms with Crippen LogP contribution in [0.5, 0.6) is 5.75 Å². The van der Waals surface area contributed by atoms with Gasteiger partial charge in [0.05, 0.1) is 29.7 Å². The van der Waals surface area contributed by atoms with Gasteiger partial charge in [0.15, 0.2) is 0 Å². The lowest BCUT2D eigenvalue weighted by molar-refractivity contribution is -0.111. The highest BCUT2D eigenvalue weighted by molar-refractivity contribution is 6.02. The zero-order valence-corrected chi connectivity index (χ0v) is 23.6. The normalized spacial score (nSPS) is 16.4. The van der Waals surface area contributed by atoms with Gasteiger partial charge in [-0.15, -0.1) is 0 Å². The van der Waals surface area contributed by atoms with Crippen LogP contribution < -0.4 is 25.6 Å². The smallest absolute Gasteiger partial charge is 0.247 e. The van der Waals surface area contributed by atoms with Crippen LogP contribution in [0.15, 0.2) is 67.5 Å². The van der Waals surface area contributed by atoms with Crippen LogP contribution in [0.4, 0.5) is 27.4 Å². The average Bonchev–Trinajstić information content (AvgIpc) is 3.45. The van der Waals surface area contributed by atoms with Crippen LogP contribution in [0, 0.1) is 5.82 Å². The van der Waals surface area contributed by atoms with Gasteiger partial charge < -0.3 is 30.2 Å². The standard InChI is InChI=1S/C31H35FN8O2/c1-3-30(41)35-24-19-25(28(42-2)20-27(24)39-13-8-23(9-14-39)38-16-11-33-12-17-38)36-31-34-10-6-29(37-31)40-15-7-21-4-5-22(32)18-26(21)40/h3-7,10,15,18-20,23,33H,1,8-9,11-14,16-17H2,2H3,(H,35,41)(H,34,36,37). The van der Waals surface area contributed by atoms with Gasteiger partial charge in [-0.25, -0.2) is 9.37 Å². The van der Waals surface area contributed by atoms with Crippen molar-refractivity contribution in [1.29, 1.82) is 0 Å². The van der Waals surface area contributed by atoms with Gasteiger partial charge in [0.25, 0.3) is 0 Å². The minimum Gasteiger partial charge on any atom is -0.494 e. The van der Waals surface area contributed by atoms with Gasteiger partial charge in [-0.2, -0.15) is 4.98 Å². The summed E-state index contributed by atoms with van der Waals surface area (Å²) < 4.78 is 21.6. The lowest BCUT2D eigenvalue weighted by atomic mass is 10.0. The van der Waals surface area contributed by atoms with Crippen molar-refractivity contribution in [3.63, 3.8) is 0 Å². The zero-order valence-electron chi connectivity index (χ0n) is 23.6. The number of nitrogens with one attached hydrogen (secondary N) is 3. The Morgan fingerprint density at radius 3 is 2.67 bits per heavy atom. The molecule has 2 aliphatic heterocycles. The van der Waals surface area contributed by atoms with Crippen molar-refractivity contribution < 1.29 is 13.9 Å². The highest BCUT2D eigenvalue weighted by atomic mass is 19.1. The molecule has 6 rings (SSSR count). The summed E-state index contributed by atoms with van der Waals surface area (Å²) in [6, 6.07) is 12.7. The van der Waals surface area contributed by atoms with Crippen LogP contribution >= 0.6 is 0 Å². The number of nitrogens with zero attached hydrogens (tertiary/aromatic N) is 5. The summed E-state index contributed by atoms with van der Waals surface area (Å²) in [5.74, 6) is 0.883. The maximum absolute atomic E-state index is 14.0. The molecule has 42 heavy (non-hydrogen) atoms. The van der Waals surface area contributed by atoms with Crippen molar-refractivity contribution in [2.24, 2.45) is 0 Å². The molecule has 0 saturated carbocycles. The summed E-state index contributed by atoms with van der Waals surface area (Å²) in [5, 5.41) is 10.6. The third-order valence-corrected chi connectivity index (χ3v) is 8.02. The molecule has 0 aliphatic carbocycles. The highest BCUT2D eigenvalue weighted by Gasteiger charge is 2.27. The van der Waals surface area contributed by atoms with Crippen molar-refractivity contribution in [2.75, 3.05) is 61.9 Å². The number of hydrogen-bond acceptors (Lipinski definition) is 8. The highest BCUT2D eigenvalue weighted by Crippen LogP contribution is 2.39. The molecule has 0 spiro atoms. The van der Waals surface area contributed by atoms with E-state index in [1.54, 1.807) is 25.4 Å². The molecule has 2 aromatic carbocycles. The molecule has 4 aromatic rings. The number of carbonyl (C=O) groups is 1. The molecule has 0 unspecified atom stereocenters. The summed E-state index contributed by atoms with van der Waals surface area (Å²) in [4.78, 5) is 26.4. The van der Waals surface area contributed by atoms with Crippen LogP contribution in [-0.4, -0.2) is 77.8 Å². The topological polar surface area (TPSA) is 99.6 Å². The number of piperazine rings is 1. The Kier molecular flexibility index (Phi) is 8.02. The number of methoxy groups -OCH3 is 1. The van der Waals surface area contributed by atoms with Gasteiger partial charge in [-0.3, -0.25) is 9.69 Å². The number of fused-ring (bicyclic) bond motifs is 1. The minimum atomic E-state index is -0.318. The molecular formula is C31H35FN8O2. The van der Waals surface area contributed by atoms with Gasteiger partial charge in [0.1, 0.15) is 17.4 Å². The fourth-order valence-corrected chi connectivity index (χ4v) is 5.87. The maximum atomic E-state index is 14.0. The van der Waals surface area contributed by atoms with Crippen LogP contribution in [0.25, 0.3) is 16.7 Å². The second kappa shape index (κ2) is 12.2. The minimum absolute atomic E-state index is 0.298. The summed E-state index contributed by atoms with van der Waals surface area (Å²) in [6.07, 6.45) is 6.85. The zero-order chi connectivity index (χ0) is 29.1. The number of hydrogen-bond donors (Lipinski definition) is 3. The Morgan fingerprint density at radius 1 is 1.10 bits per heavy atom. The van der Waals surface area contributed by atoms with Gasteiger partial charge in [-0.05, 0) is 55.3 Å². The maximum Gasteiger partial charge on any atom is 0.247 e. The molecule has 218 valence electrons. The molecule has 3 N–H and O–H groups in total. The fraction of sp³-hybridized carbons (Fsp3) is 0.323. The van der Waals surface area contributed by atoms with E-state index in [9.17, 15) is 9.18 Å². The number of anilines is 4. The van der Waals surface area contributed by atoms with E-state index in [4.69, 9.17) is 4.74 Å². The first kappa shape index (κ1) is 27.7. The first-order valence-corrected chi connectivity index (χ1v) is 14.2. The molecule has 0 bridgehead atoms. The van der Waals surface area contributed by atoms with Gasteiger partial charge in [0, 0.05) is 69.2 Å². The predicted octanol–water partition coefficient (Wildman–Crippen LogP) is 4.31. The Labute approximate surface area is 244 Å². The Hall–Kier alpha value is -4.48. The van der Waals surface area contributed by atoms with E-state index < -0.39 is 0 Å². The molecule has 4 heterocycles. The van der Waals surface area contributed by atoms with Crippen LogP contribution in [-0.2, 0) is 4.79 Å². The molecular weight excluding hydrogens is 535 g/mol. The quantitative estimate of drug-likeness (QED) is 0.270. The van der Waals surface area contributed by atoms with Crippen LogP contribution in [0.3, 0.4) is 0 Å². The molecule has 10 nitrogen and oxygen atoms in total. The van der Waals surface area contributed by atoms with Crippen LogP contribution in [0.1, 0.15) is 12.8 Å². The predicted molar refractivity (Wildman–Crippen MR) is 164 cm³/mol. The van der Waals surface area contributed by atoms with Gasteiger partial charge >= 0.3 is 0 Å². The number of aromatic nitrogens is 3. The Balaban J connectivity index is 1.27.